The van der Waals surface area contributed by atoms with Gasteiger partial charge in [-0.3, -0.25) is 10.1 Å². The minimum Gasteiger partial charge on any atom is -0.387 e. The molecule has 2 aromatic rings. The smallest absolute Gasteiger partial charge is 0.269 e. The largest absolute Gasteiger partial charge is 0.387 e. The first kappa shape index (κ1) is 18.8. The second-order valence-electron chi connectivity index (χ2n) is 5.60. The number of hydrogen-bond acceptors (Lipinski definition) is 6. The van der Waals surface area contributed by atoms with Gasteiger partial charge in [0, 0.05) is 38.5 Å². The summed E-state index contributed by atoms with van der Waals surface area (Å²) in [5, 5.41) is 20.8. The lowest BCUT2D eigenvalue weighted by molar-refractivity contribution is -0.384. The van der Waals surface area contributed by atoms with E-state index in [1.54, 1.807) is 12.1 Å². The van der Waals surface area contributed by atoms with Gasteiger partial charge < -0.3 is 10.0 Å². The number of nitro groups is 1. The van der Waals surface area contributed by atoms with Gasteiger partial charge in [0.25, 0.3) is 5.69 Å². The van der Waals surface area contributed by atoms with Gasteiger partial charge in [-0.25, -0.2) is 13.1 Å². The lowest BCUT2D eigenvalue weighted by Gasteiger charge is -2.16. The van der Waals surface area contributed by atoms with E-state index < -0.39 is 21.1 Å². The summed E-state index contributed by atoms with van der Waals surface area (Å²) in [4.78, 5) is 11.8. The molecule has 2 rings (SSSR count). The Morgan fingerprint density at radius 2 is 1.68 bits per heavy atom. The summed E-state index contributed by atoms with van der Waals surface area (Å²) < 4.78 is 26.7. The van der Waals surface area contributed by atoms with Gasteiger partial charge in [0.05, 0.1) is 15.9 Å². The number of nitrogens with one attached hydrogen (secondary N) is 1. The maximum absolute atomic E-state index is 12.2. The Morgan fingerprint density at radius 3 is 2.16 bits per heavy atom. The number of nitro benzene ring substituents is 1. The Hall–Kier alpha value is -2.49. The summed E-state index contributed by atoms with van der Waals surface area (Å²) in [6.07, 6.45) is -1.01. The number of anilines is 1. The van der Waals surface area contributed by atoms with Crippen LogP contribution in [-0.2, 0) is 10.0 Å². The van der Waals surface area contributed by atoms with Crippen LogP contribution in [0, 0.1) is 10.1 Å². The van der Waals surface area contributed by atoms with Gasteiger partial charge in [0.2, 0.25) is 10.0 Å². The number of sulfonamides is 1. The van der Waals surface area contributed by atoms with E-state index in [1.165, 1.54) is 0 Å². The van der Waals surface area contributed by atoms with Crippen molar-refractivity contribution in [1.82, 2.24) is 4.72 Å². The van der Waals surface area contributed by atoms with Gasteiger partial charge in [-0.15, -0.1) is 0 Å². The van der Waals surface area contributed by atoms with Crippen LogP contribution in [-0.4, -0.2) is 39.1 Å². The number of aliphatic hydroxyl groups is 1. The molecule has 0 bridgehead atoms. The van der Waals surface area contributed by atoms with E-state index in [-0.39, 0.29) is 17.1 Å². The maximum atomic E-state index is 12.2. The van der Waals surface area contributed by atoms with Crippen molar-refractivity contribution in [1.29, 1.82) is 0 Å². The third kappa shape index (κ3) is 4.75. The number of rotatable bonds is 7. The second kappa shape index (κ2) is 7.60. The molecule has 0 aliphatic heterocycles. The van der Waals surface area contributed by atoms with Crippen molar-refractivity contribution >= 4 is 21.4 Å². The normalized spacial score (nSPS) is 12.6. The van der Waals surface area contributed by atoms with Gasteiger partial charge in [0.15, 0.2) is 0 Å². The quantitative estimate of drug-likeness (QED) is 0.570. The summed E-state index contributed by atoms with van der Waals surface area (Å²) >= 11 is 0. The van der Waals surface area contributed by atoms with Crippen molar-refractivity contribution in [3.63, 3.8) is 0 Å². The Balaban J connectivity index is 2.04. The predicted octanol–water partition coefficient (Wildman–Crippen LogP) is 1.67. The highest BCUT2D eigenvalue weighted by Gasteiger charge is 2.18. The highest BCUT2D eigenvalue weighted by Crippen LogP contribution is 2.19. The molecule has 0 aliphatic rings. The third-order valence-electron chi connectivity index (χ3n) is 3.62. The first-order chi connectivity index (χ1) is 11.7. The van der Waals surface area contributed by atoms with Crippen molar-refractivity contribution in [3.05, 3.63) is 64.2 Å². The fourth-order valence-corrected chi connectivity index (χ4v) is 3.17. The molecule has 0 amide bonds. The molecule has 0 heterocycles. The Bertz CT molecular complexity index is 833. The minimum atomic E-state index is -3.87. The van der Waals surface area contributed by atoms with Gasteiger partial charge in [-0.2, -0.15) is 0 Å². The van der Waals surface area contributed by atoms with Crippen molar-refractivity contribution in [2.45, 2.75) is 11.0 Å². The zero-order valence-electron chi connectivity index (χ0n) is 13.8. The summed E-state index contributed by atoms with van der Waals surface area (Å²) in [5.41, 5.74) is 1.35. The Morgan fingerprint density at radius 1 is 1.12 bits per heavy atom. The van der Waals surface area contributed by atoms with E-state index in [9.17, 15) is 23.6 Å². The average molecular weight is 365 g/mol. The molecular formula is C16H19N3O5S. The summed E-state index contributed by atoms with van der Waals surface area (Å²) in [6.45, 7) is -0.208. The maximum Gasteiger partial charge on any atom is 0.269 e. The van der Waals surface area contributed by atoms with Crippen LogP contribution in [0.2, 0.25) is 0 Å². The standard InChI is InChI=1S/C16H19N3O5S/c1-18(2)13-5-3-12(4-6-13)16(20)11-17-25(23,24)15-9-7-14(8-10-15)19(21)22/h3-10,16-17,20H,11H2,1-2H3. The monoisotopic (exact) mass is 365 g/mol. The summed E-state index contributed by atoms with van der Waals surface area (Å²) in [7, 11) is -0.0830. The number of benzene rings is 2. The van der Waals surface area contributed by atoms with Crippen LogP contribution in [0.5, 0.6) is 0 Å². The molecule has 0 saturated carbocycles. The lowest BCUT2D eigenvalue weighted by Crippen LogP contribution is -2.28. The lowest BCUT2D eigenvalue weighted by atomic mass is 10.1. The first-order valence-corrected chi connectivity index (χ1v) is 8.88. The molecule has 2 N–H and O–H groups in total. The first-order valence-electron chi connectivity index (χ1n) is 7.40. The van der Waals surface area contributed by atoms with Crippen LogP contribution >= 0.6 is 0 Å². The fourth-order valence-electron chi connectivity index (χ4n) is 2.13. The van der Waals surface area contributed by atoms with Gasteiger partial charge in [-0.05, 0) is 29.8 Å². The minimum absolute atomic E-state index is 0.103. The highest BCUT2D eigenvalue weighted by molar-refractivity contribution is 7.89. The van der Waals surface area contributed by atoms with Crippen LogP contribution in [0.4, 0.5) is 11.4 Å². The molecule has 0 radical (unpaired) electrons. The molecule has 0 aromatic heterocycles. The Labute approximate surface area is 145 Å². The van der Waals surface area contributed by atoms with Gasteiger partial charge in [0.1, 0.15) is 0 Å². The number of aliphatic hydroxyl groups excluding tert-OH is 1. The molecule has 0 fully saturated rings. The SMILES string of the molecule is CN(C)c1ccc(C(O)CNS(=O)(=O)c2ccc([N+](=O)[O-])cc2)cc1. The van der Waals surface area contributed by atoms with E-state index in [0.29, 0.717) is 5.56 Å². The second-order valence-corrected chi connectivity index (χ2v) is 7.37. The topological polar surface area (TPSA) is 113 Å². The molecule has 8 nitrogen and oxygen atoms in total. The van der Waals surface area contributed by atoms with Crippen LogP contribution in [0.15, 0.2) is 53.4 Å². The number of nitrogens with zero attached hydrogens (tertiary/aromatic N) is 2. The predicted molar refractivity (Wildman–Crippen MR) is 94.0 cm³/mol. The Kier molecular flexibility index (Phi) is 5.73. The number of non-ortho nitro benzene ring substituents is 1. The van der Waals surface area contributed by atoms with E-state index in [4.69, 9.17) is 0 Å². The van der Waals surface area contributed by atoms with Gasteiger partial charge in [-0.1, -0.05) is 12.1 Å². The van der Waals surface area contributed by atoms with E-state index in [0.717, 1.165) is 30.0 Å². The highest BCUT2D eigenvalue weighted by atomic mass is 32.2. The van der Waals surface area contributed by atoms with E-state index in [2.05, 4.69) is 4.72 Å². The van der Waals surface area contributed by atoms with Crippen LogP contribution < -0.4 is 9.62 Å². The van der Waals surface area contributed by atoms with Crippen molar-refractivity contribution in [2.75, 3.05) is 25.5 Å². The van der Waals surface area contributed by atoms with E-state index >= 15 is 0 Å². The zero-order chi connectivity index (χ0) is 18.6. The molecular weight excluding hydrogens is 346 g/mol. The molecule has 0 saturated heterocycles. The van der Waals surface area contributed by atoms with Crippen molar-refractivity contribution in [3.8, 4) is 0 Å². The zero-order valence-corrected chi connectivity index (χ0v) is 14.6. The van der Waals surface area contributed by atoms with Crippen molar-refractivity contribution in [2.24, 2.45) is 0 Å². The number of hydrogen-bond donors (Lipinski definition) is 2. The summed E-state index contributed by atoms with van der Waals surface area (Å²) in [5.74, 6) is 0. The summed E-state index contributed by atoms with van der Waals surface area (Å²) in [6, 6.07) is 11.6. The average Bonchev–Trinajstić information content (AvgIpc) is 2.60. The van der Waals surface area contributed by atoms with Crippen LogP contribution in [0.1, 0.15) is 11.7 Å². The molecule has 1 unspecified atom stereocenters. The van der Waals surface area contributed by atoms with Crippen molar-refractivity contribution < 1.29 is 18.4 Å². The molecule has 9 heteroatoms. The van der Waals surface area contributed by atoms with Gasteiger partial charge >= 0.3 is 0 Å². The molecule has 0 spiro atoms. The molecule has 2 aromatic carbocycles. The third-order valence-corrected chi connectivity index (χ3v) is 5.06. The van der Waals surface area contributed by atoms with E-state index in [1.807, 2.05) is 31.1 Å². The van der Waals surface area contributed by atoms with Crippen LogP contribution in [0.25, 0.3) is 0 Å². The van der Waals surface area contributed by atoms with Crippen LogP contribution in [0.3, 0.4) is 0 Å². The molecule has 0 aliphatic carbocycles. The molecule has 1 atom stereocenters. The fraction of sp³-hybridized carbons (Fsp3) is 0.250. The molecule has 25 heavy (non-hydrogen) atoms. The molecule has 134 valence electrons.